The molecule has 8 heteroatoms. The molecule has 3 N–H and O–H groups in total. The minimum atomic E-state index is -0.662. The van der Waals surface area contributed by atoms with Gasteiger partial charge in [0.1, 0.15) is 17.6 Å². The van der Waals surface area contributed by atoms with Crippen LogP contribution in [-0.2, 0) is 0 Å². The van der Waals surface area contributed by atoms with E-state index in [4.69, 9.17) is 5.73 Å². The van der Waals surface area contributed by atoms with E-state index in [9.17, 15) is 20.0 Å². The number of nitrogen functional groups attached to an aromatic ring is 1. The molecule has 0 spiro atoms. The zero-order valence-corrected chi connectivity index (χ0v) is 11.7. The van der Waals surface area contributed by atoms with Crippen LogP contribution in [0.4, 0.5) is 11.5 Å². The van der Waals surface area contributed by atoms with Gasteiger partial charge < -0.3 is 15.7 Å². The van der Waals surface area contributed by atoms with E-state index in [1.165, 1.54) is 11.0 Å². The number of likely N-dealkylation sites (N-methyl/N-ethyl adjacent to an activating group) is 1. The van der Waals surface area contributed by atoms with Gasteiger partial charge in [-0.2, -0.15) is 0 Å². The minimum absolute atomic E-state index is 0.0431. The molecule has 1 amide bonds. The Morgan fingerprint density at radius 2 is 2.19 bits per heavy atom. The first-order valence-electron chi connectivity index (χ1n) is 6.77. The Bertz CT molecular complexity index is 563. The third-order valence-electron chi connectivity index (χ3n) is 3.84. The Labute approximate surface area is 121 Å². The van der Waals surface area contributed by atoms with Gasteiger partial charge in [0.05, 0.1) is 17.1 Å². The molecule has 21 heavy (non-hydrogen) atoms. The van der Waals surface area contributed by atoms with E-state index in [1.54, 1.807) is 7.05 Å². The molecule has 2 atom stereocenters. The Morgan fingerprint density at radius 1 is 1.52 bits per heavy atom. The van der Waals surface area contributed by atoms with Crippen LogP contribution in [-0.4, -0.2) is 45.0 Å². The van der Waals surface area contributed by atoms with Gasteiger partial charge in [0, 0.05) is 7.05 Å². The molecule has 2 unspecified atom stereocenters. The standard InChI is InChI=1S/C13H18N4O4/c1-16(9-4-2-3-5-11(9)18)13(19)8-6-12(14)15-7-10(8)17(20)21/h6-7,9,11,18H,2-5H2,1H3,(H2,14,15). The number of amides is 1. The number of hydrogen-bond donors (Lipinski definition) is 2. The summed E-state index contributed by atoms with van der Waals surface area (Å²) >= 11 is 0. The molecule has 1 saturated carbocycles. The zero-order valence-electron chi connectivity index (χ0n) is 11.7. The van der Waals surface area contributed by atoms with Crippen LogP contribution in [0.15, 0.2) is 12.3 Å². The van der Waals surface area contributed by atoms with Gasteiger partial charge in [-0.25, -0.2) is 4.98 Å². The monoisotopic (exact) mass is 294 g/mol. The molecule has 1 aliphatic carbocycles. The maximum atomic E-state index is 12.5. The highest BCUT2D eigenvalue weighted by atomic mass is 16.6. The second-order valence-electron chi connectivity index (χ2n) is 5.22. The molecule has 1 aliphatic rings. The maximum absolute atomic E-state index is 12.5. The number of nitrogens with zero attached hydrogens (tertiary/aromatic N) is 3. The molecule has 1 aromatic heterocycles. The lowest BCUT2D eigenvalue weighted by Crippen LogP contribution is -2.46. The number of anilines is 1. The van der Waals surface area contributed by atoms with Gasteiger partial charge in [-0.05, 0) is 18.9 Å². The molecule has 1 heterocycles. The molecular formula is C13H18N4O4. The van der Waals surface area contributed by atoms with Crippen molar-refractivity contribution in [2.24, 2.45) is 0 Å². The van der Waals surface area contributed by atoms with Crippen molar-refractivity contribution in [3.63, 3.8) is 0 Å². The van der Waals surface area contributed by atoms with E-state index in [1.807, 2.05) is 0 Å². The molecule has 0 aromatic carbocycles. The summed E-state index contributed by atoms with van der Waals surface area (Å²) in [6.07, 6.45) is 3.52. The van der Waals surface area contributed by atoms with Crippen LogP contribution in [0, 0.1) is 10.1 Å². The van der Waals surface area contributed by atoms with Crippen LogP contribution in [0.3, 0.4) is 0 Å². The van der Waals surface area contributed by atoms with Crippen LogP contribution < -0.4 is 5.73 Å². The number of aromatic nitrogens is 1. The number of rotatable bonds is 3. The van der Waals surface area contributed by atoms with Crippen molar-refractivity contribution in [1.29, 1.82) is 0 Å². The van der Waals surface area contributed by atoms with Crippen molar-refractivity contribution in [2.45, 2.75) is 37.8 Å². The summed E-state index contributed by atoms with van der Waals surface area (Å²) in [6, 6.07) is 0.867. The predicted molar refractivity (Wildman–Crippen MR) is 75.7 cm³/mol. The lowest BCUT2D eigenvalue weighted by molar-refractivity contribution is -0.385. The zero-order chi connectivity index (χ0) is 15.6. The van der Waals surface area contributed by atoms with E-state index < -0.39 is 16.9 Å². The fourth-order valence-electron chi connectivity index (χ4n) is 2.67. The third-order valence-corrected chi connectivity index (χ3v) is 3.84. The molecule has 0 aliphatic heterocycles. The quantitative estimate of drug-likeness (QED) is 0.632. The number of pyridine rings is 1. The Kier molecular flexibility index (Phi) is 4.37. The second kappa shape index (κ2) is 6.04. The summed E-state index contributed by atoms with van der Waals surface area (Å²) in [5.41, 5.74) is 5.03. The number of aliphatic hydroxyl groups is 1. The number of nitrogens with two attached hydrogens (primary N) is 1. The first-order valence-corrected chi connectivity index (χ1v) is 6.77. The molecule has 8 nitrogen and oxygen atoms in total. The van der Waals surface area contributed by atoms with Gasteiger partial charge in [0.2, 0.25) is 0 Å². The van der Waals surface area contributed by atoms with E-state index in [-0.39, 0.29) is 23.1 Å². The summed E-state index contributed by atoms with van der Waals surface area (Å²) in [5, 5.41) is 21.0. The van der Waals surface area contributed by atoms with Crippen LogP contribution in [0.2, 0.25) is 0 Å². The van der Waals surface area contributed by atoms with E-state index in [2.05, 4.69) is 4.98 Å². The number of nitro groups is 1. The summed E-state index contributed by atoms with van der Waals surface area (Å²) in [6.45, 7) is 0. The highest BCUT2D eigenvalue weighted by Gasteiger charge is 2.32. The fraction of sp³-hybridized carbons (Fsp3) is 0.538. The van der Waals surface area contributed by atoms with Crippen molar-refractivity contribution in [2.75, 3.05) is 12.8 Å². The minimum Gasteiger partial charge on any atom is -0.391 e. The van der Waals surface area contributed by atoms with E-state index in [0.29, 0.717) is 12.8 Å². The normalized spacial score (nSPS) is 21.8. The van der Waals surface area contributed by atoms with E-state index >= 15 is 0 Å². The van der Waals surface area contributed by atoms with Crippen molar-refractivity contribution in [1.82, 2.24) is 9.88 Å². The van der Waals surface area contributed by atoms with Crippen molar-refractivity contribution < 1.29 is 14.8 Å². The fourth-order valence-corrected chi connectivity index (χ4v) is 2.67. The Morgan fingerprint density at radius 3 is 2.81 bits per heavy atom. The number of carbonyl (C=O) groups excluding carboxylic acids is 1. The maximum Gasteiger partial charge on any atom is 0.300 e. The average Bonchev–Trinajstić information content (AvgIpc) is 2.45. The van der Waals surface area contributed by atoms with Crippen molar-refractivity contribution >= 4 is 17.4 Å². The van der Waals surface area contributed by atoms with Gasteiger partial charge in [0.15, 0.2) is 0 Å². The van der Waals surface area contributed by atoms with Crippen molar-refractivity contribution in [3.05, 3.63) is 27.9 Å². The summed E-state index contributed by atoms with van der Waals surface area (Å²) in [4.78, 5) is 27.9. The Hall–Kier alpha value is -2.22. The average molecular weight is 294 g/mol. The lowest BCUT2D eigenvalue weighted by atomic mass is 9.91. The second-order valence-corrected chi connectivity index (χ2v) is 5.22. The molecular weight excluding hydrogens is 276 g/mol. The van der Waals surface area contributed by atoms with Gasteiger partial charge in [-0.15, -0.1) is 0 Å². The molecule has 1 fully saturated rings. The predicted octanol–water partition coefficient (Wildman–Crippen LogP) is 0.947. The number of aliphatic hydroxyl groups excluding tert-OH is 1. The largest absolute Gasteiger partial charge is 0.391 e. The van der Waals surface area contributed by atoms with Gasteiger partial charge in [-0.1, -0.05) is 12.8 Å². The molecule has 2 rings (SSSR count). The SMILES string of the molecule is CN(C(=O)c1cc(N)ncc1[N+](=O)[O-])C1CCCCC1O. The summed E-state index contributed by atoms with van der Waals surface area (Å²) in [5.74, 6) is -0.483. The molecule has 1 aromatic rings. The van der Waals surface area contributed by atoms with Crippen molar-refractivity contribution in [3.8, 4) is 0 Å². The topological polar surface area (TPSA) is 123 Å². The van der Waals surface area contributed by atoms with Gasteiger partial charge in [0.25, 0.3) is 11.6 Å². The van der Waals surface area contributed by atoms with Gasteiger partial charge in [-0.3, -0.25) is 14.9 Å². The smallest absolute Gasteiger partial charge is 0.300 e. The van der Waals surface area contributed by atoms with Crippen LogP contribution in [0.25, 0.3) is 0 Å². The molecule has 0 bridgehead atoms. The van der Waals surface area contributed by atoms with Crippen LogP contribution in [0.1, 0.15) is 36.0 Å². The first-order chi connectivity index (χ1) is 9.91. The van der Waals surface area contributed by atoms with Crippen LogP contribution in [0.5, 0.6) is 0 Å². The third kappa shape index (κ3) is 3.10. The summed E-state index contributed by atoms with van der Waals surface area (Å²) in [7, 11) is 1.54. The summed E-state index contributed by atoms with van der Waals surface area (Å²) < 4.78 is 0. The molecule has 114 valence electrons. The molecule has 0 radical (unpaired) electrons. The Balaban J connectivity index is 2.30. The number of carbonyl (C=O) groups is 1. The lowest BCUT2D eigenvalue weighted by Gasteiger charge is -2.35. The van der Waals surface area contributed by atoms with E-state index in [0.717, 1.165) is 19.0 Å². The highest BCUT2D eigenvalue weighted by Crippen LogP contribution is 2.26. The van der Waals surface area contributed by atoms with Crippen LogP contribution >= 0.6 is 0 Å². The highest BCUT2D eigenvalue weighted by molar-refractivity contribution is 5.98. The first kappa shape index (κ1) is 15.2. The van der Waals surface area contributed by atoms with Gasteiger partial charge >= 0.3 is 0 Å². The molecule has 0 saturated heterocycles. The number of hydrogen-bond acceptors (Lipinski definition) is 6.